The molecule has 0 saturated carbocycles. The molecule has 3 aromatic carbocycles. The van der Waals surface area contributed by atoms with Crippen molar-refractivity contribution in [3.63, 3.8) is 0 Å². The van der Waals surface area contributed by atoms with E-state index in [-0.39, 0.29) is 25.6 Å². The molecule has 4 rings (SSSR count). The van der Waals surface area contributed by atoms with Crippen molar-refractivity contribution in [3.05, 3.63) is 101 Å². The number of aromatic nitrogens is 1. The standard InChI is InChI=1S/C30H30N2O6/c1-21-26(31-30(38-21)24-12-8-5-9-13-24)20-36-27-16-14-22(18-28(27)34-2)19-37-32-25(15-17-29(33)35-3)23-10-6-4-7-11-23/h4-14,16,18H,15,17,19-20H2,1-3H3/b32-25+. The third-order valence-electron chi connectivity index (χ3n) is 5.81. The van der Waals surface area contributed by atoms with Gasteiger partial charge >= 0.3 is 5.97 Å². The van der Waals surface area contributed by atoms with Crippen LogP contribution in [0, 0.1) is 6.92 Å². The van der Waals surface area contributed by atoms with Gasteiger partial charge in [0.1, 0.15) is 24.7 Å². The molecule has 0 aliphatic heterocycles. The first-order valence-corrected chi connectivity index (χ1v) is 12.2. The average Bonchev–Trinajstić information content (AvgIpc) is 3.34. The van der Waals surface area contributed by atoms with Crippen molar-refractivity contribution in [2.45, 2.75) is 33.0 Å². The van der Waals surface area contributed by atoms with E-state index in [2.05, 4.69) is 10.1 Å². The predicted molar refractivity (Wildman–Crippen MR) is 143 cm³/mol. The van der Waals surface area contributed by atoms with Gasteiger partial charge in [-0.05, 0) is 42.3 Å². The van der Waals surface area contributed by atoms with Gasteiger partial charge in [-0.1, -0.05) is 59.8 Å². The van der Waals surface area contributed by atoms with Crippen molar-refractivity contribution in [2.75, 3.05) is 14.2 Å². The summed E-state index contributed by atoms with van der Waals surface area (Å²) < 4.78 is 22.1. The van der Waals surface area contributed by atoms with E-state index in [0.717, 1.165) is 16.7 Å². The molecule has 8 nitrogen and oxygen atoms in total. The summed E-state index contributed by atoms with van der Waals surface area (Å²) in [5, 5.41) is 4.30. The zero-order chi connectivity index (χ0) is 26.7. The highest BCUT2D eigenvalue weighted by Gasteiger charge is 2.14. The molecular weight excluding hydrogens is 484 g/mol. The fourth-order valence-electron chi connectivity index (χ4n) is 3.71. The van der Waals surface area contributed by atoms with Crippen molar-refractivity contribution in [3.8, 4) is 23.0 Å². The van der Waals surface area contributed by atoms with Gasteiger partial charge in [0.15, 0.2) is 11.5 Å². The van der Waals surface area contributed by atoms with Crippen LogP contribution < -0.4 is 9.47 Å². The molecule has 0 atom stereocenters. The highest BCUT2D eigenvalue weighted by atomic mass is 16.6. The van der Waals surface area contributed by atoms with E-state index in [1.54, 1.807) is 7.11 Å². The van der Waals surface area contributed by atoms with Crippen LogP contribution in [-0.4, -0.2) is 30.9 Å². The third-order valence-corrected chi connectivity index (χ3v) is 5.81. The zero-order valence-corrected chi connectivity index (χ0v) is 21.7. The number of nitrogens with zero attached hydrogens (tertiary/aromatic N) is 2. The summed E-state index contributed by atoms with van der Waals surface area (Å²) in [6, 6.07) is 24.9. The third kappa shape index (κ3) is 7.00. The molecule has 0 N–H and O–H groups in total. The number of aryl methyl sites for hydroxylation is 1. The van der Waals surface area contributed by atoms with Gasteiger partial charge in [-0.25, -0.2) is 4.98 Å². The highest BCUT2D eigenvalue weighted by Crippen LogP contribution is 2.30. The first-order chi connectivity index (χ1) is 18.6. The topological polar surface area (TPSA) is 92.4 Å². The van der Waals surface area contributed by atoms with Crippen LogP contribution in [0.2, 0.25) is 0 Å². The first kappa shape index (κ1) is 26.5. The molecule has 0 saturated heterocycles. The van der Waals surface area contributed by atoms with Crippen molar-refractivity contribution in [2.24, 2.45) is 5.16 Å². The zero-order valence-electron chi connectivity index (χ0n) is 21.7. The number of oxazole rings is 1. The molecule has 0 unspecified atom stereocenters. The molecular formula is C30H30N2O6. The number of methoxy groups -OCH3 is 2. The van der Waals surface area contributed by atoms with E-state index in [1.807, 2.05) is 85.8 Å². The van der Waals surface area contributed by atoms with Gasteiger partial charge in [-0.3, -0.25) is 4.79 Å². The Morgan fingerprint density at radius 2 is 1.63 bits per heavy atom. The van der Waals surface area contributed by atoms with Crippen LogP contribution in [-0.2, 0) is 27.6 Å². The second kappa shape index (κ2) is 13.1. The Balaban J connectivity index is 1.40. The Hall–Kier alpha value is -4.59. The Morgan fingerprint density at radius 1 is 0.895 bits per heavy atom. The molecule has 0 amide bonds. The maximum absolute atomic E-state index is 11.6. The van der Waals surface area contributed by atoms with Gasteiger partial charge in [0, 0.05) is 12.0 Å². The second-order valence-electron chi connectivity index (χ2n) is 8.42. The molecule has 38 heavy (non-hydrogen) atoms. The van der Waals surface area contributed by atoms with Crippen LogP contribution in [0.1, 0.15) is 35.4 Å². The normalized spacial score (nSPS) is 11.2. The van der Waals surface area contributed by atoms with Crippen LogP contribution in [0.3, 0.4) is 0 Å². The van der Waals surface area contributed by atoms with E-state index in [0.29, 0.717) is 41.0 Å². The smallest absolute Gasteiger partial charge is 0.305 e. The highest BCUT2D eigenvalue weighted by molar-refractivity contribution is 6.01. The second-order valence-corrected chi connectivity index (χ2v) is 8.42. The Labute approximate surface area is 221 Å². The van der Waals surface area contributed by atoms with Gasteiger partial charge in [0.25, 0.3) is 0 Å². The van der Waals surface area contributed by atoms with Crippen LogP contribution in [0.25, 0.3) is 11.5 Å². The van der Waals surface area contributed by atoms with Crippen molar-refractivity contribution >= 4 is 11.7 Å². The van der Waals surface area contributed by atoms with Crippen LogP contribution in [0.15, 0.2) is 88.4 Å². The van der Waals surface area contributed by atoms with Gasteiger partial charge in [0.2, 0.25) is 5.89 Å². The predicted octanol–water partition coefficient (Wildman–Crippen LogP) is 6.11. The fourth-order valence-corrected chi connectivity index (χ4v) is 3.71. The molecule has 4 aromatic rings. The lowest BCUT2D eigenvalue weighted by Crippen LogP contribution is -2.08. The van der Waals surface area contributed by atoms with Gasteiger partial charge in [-0.15, -0.1) is 0 Å². The Kier molecular flexibility index (Phi) is 9.12. The number of benzene rings is 3. The molecule has 0 aliphatic rings. The summed E-state index contributed by atoms with van der Waals surface area (Å²) in [5.41, 5.74) is 4.03. The van der Waals surface area contributed by atoms with Crippen LogP contribution >= 0.6 is 0 Å². The monoisotopic (exact) mass is 514 g/mol. The van der Waals surface area contributed by atoms with Crippen LogP contribution in [0.5, 0.6) is 11.5 Å². The molecule has 1 heterocycles. The van der Waals surface area contributed by atoms with Gasteiger partial charge < -0.3 is 23.5 Å². The maximum atomic E-state index is 11.6. The Bertz CT molecular complexity index is 1370. The molecule has 0 spiro atoms. The van der Waals surface area contributed by atoms with Crippen molar-refractivity contribution in [1.82, 2.24) is 4.98 Å². The summed E-state index contributed by atoms with van der Waals surface area (Å²) in [4.78, 5) is 21.9. The number of esters is 1. The summed E-state index contributed by atoms with van der Waals surface area (Å²) in [5.74, 6) is 2.10. The van der Waals surface area contributed by atoms with E-state index in [1.165, 1.54) is 7.11 Å². The number of carbonyl (C=O) groups is 1. The number of ether oxygens (including phenoxy) is 3. The number of hydrogen-bond donors (Lipinski definition) is 0. The van der Waals surface area contributed by atoms with Crippen molar-refractivity contribution in [1.29, 1.82) is 0 Å². The average molecular weight is 515 g/mol. The maximum Gasteiger partial charge on any atom is 0.305 e. The van der Waals surface area contributed by atoms with E-state index < -0.39 is 0 Å². The minimum Gasteiger partial charge on any atom is -0.493 e. The van der Waals surface area contributed by atoms with E-state index in [9.17, 15) is 4.79 Å². The molecule has 1 aromatic heterocycles. The van der Waals surface area contributed by atoms with Crippen molar-refractivity contribution < 1.29 is 28.3 Å². The molecule has 0 radical (unpaired) electrons. The molecule has 0 bridgehead atoms. The lowest BCUT2D eigenvalue weighted by atomic mass is 10.1. The molecule has 0 aliphatic carbocycles. The summed E-state index contributed by atoms with van der Waals surface area (Å²) in [6.45, 7) is 2.32. The fraction of sp³-hybridized carbons (Fsp3) is 0.233. The molecule has 8 heteroatoms. The summed E-state index contributed by atoms with van der Waals surface area (Å²) >= 11 is 0. The molecule has 0 fully saturated rings. The molecule has 196 valence electrons. The van der Waals surface area contributed by atoms with Crippen LogP contribution in [0.4, 0.5) is 0 Å². The lowest BCUT2D eigenvalue weighted by molar-refractivity contribution is -0.140. The van der Waals surface area contributed by atoms with Gasteiger partial charge in [-0.2, -0.15) is 0 Å². The number of oxime groups is 1. The Morgan fingerprint density at radius 3 is 2.34 bits per heavy atom. The number of hydrogen-bond acceptors (Lipinski definition) is 8. The minimum absolute atomic E-state index is 0.214. The lowest BCUT2D eigenvalue weighted by Gasteiger charge is -2.12. The SMILES string of the molecule is COC(=O)CC/C(=N\OCc1ccc(OCc2nc(-c3ccccc3)oc2C)c(OC)c1)c1ccccc1. The number of rotatable bonds is 12. The first-order valence-electron chi connectivity index (χ1n) is 12.2. The van der Waals surface area contributed by atoms with E-state index in [4.69, 9.17) is 23.5 Å². The summed E-state index contributed by atoms with van der Waals surface area (Å²) in [7, 11) is 2.95. The minimum atomic E-state index is -0.300. The number of carbonyl (C=O) groups excluding carboxylic acids is 1. The largest absolute Gasteiger partial charge is 0.493 e. The van der Waals surface area contributed by atoms with E-state index >= 15 is 0 Å². The van der Waals surface area contributed by atoms with Gasteiger partial charge in [0.05, 0.1) is 26.4 Å². The quantitative estimate of drug-likeness (QED) is 0.128. The summed E-state index contributed by atoms with van der Waals surface area (Å²) in [6.07, 6.45) is 0.617.